The van der Waals surface area contributed by atoms with Crippen LogP contribution >= 0.6 is 27.3 Å². The number of nitrogens with one attached hydrogen (secondary N) is 1. The van der Waals surface area contributed by atoms with Crippen LogP contribution in [0.15, 0.2) is 28.2 Å². The first kappa shape index (κ1) is 13.2. The Kier molecular flexibility index (Phi) is 4.14. The van der Waals surface area contributed by atoms with Crippen molar-refractivity contribution in [2.75, 3.05) is 5.32 Å². The lowest BCUT2D eigenvalue weighted by atomic mass is 10.2. The summed E-state index contributed by atoms with van der Waals surface area (Å²) in [5.41, 5.74) is 2.63. The molecule has 1 N–H and O–H groups in total. The minimum Gasteiger partial charge on any atom is -0.320 e. The van der Waals surface area contributed by atoms with E-state index < -0.39 is 0 Å². The molecule has 0 radical (unpaired) electrons. The first-order chi connectivity index (χ1) is 8.61. The molecule has 94 valence electrons. The maximum Gasteiger partial charge on any atom is 0.266 e. The summed E-state index contributed by atoms with van der Waals surface area (Å²) in [7, 11) is 0. The standard InChI is InChI=1S/C13H13BrN2OS/c1-3-9-6-7-18-12(9)13(17)16-10-4-5-11(14)15-8(10)2/h4-7H,3H2,1-2H3,(H,16,17). The highest BCUT2D eigenvalue weighted by Gasteiger charge is 2.13. The SMILES string of the molecule is CCc1ccsc1C(=O)Nc1ccc(Br)nc1C. The second-order valence-electron chi connectivity index (χ2n) is 3.85. The highest BCUT2D eigenvalue weighted by molar-refractivity contribution is 9.10. The molecule has 1 amide bonds. The van der Waals surface area contributed by atoms with E-state index in [0.717, 1.165) is 32.8 Å². The molecular formula is C13H13BrN2OS. The Bertz CT molecular complexity index is 580. The van der Waals surface area contributed by atoms with Crippen molar-refractivity contribution in [3.8, 4) is 0 Å². The van der Waals surface area contributed by atoms with Gasteiger partial charge < -0.3 is 5.32 Å². The zero-order valence-corrected chi connectivity index (χ0v) is 12.6. The second kappa shape index (κ2) is 5.63. The quantitative estimate of drug-likeness (QED) is 0.866. The van der Waals surface area contributed by atoms with Gasteiger partial charge in [-0.1, -0.05) is 6.92 Å². The van der Waals surface area contributed by atoms with Crippen LogP contribution in [-0.2, 0) is 6.42 Å². The third-order valence-electron chi connectivity index (χ3n) is 2.63. The average molecular weight is 325 g/mol. The molecule has 2 aromatic heterocycles. The van der Waals surface area contributed by atoms with Crippen molar-refractivity contribution in [3.05, 3.63) is 44.3 Å². The van der Waals surface area contributed by atoms with Crippen molar-refractivity contribution < 1.29 is 4.79 Å². The second-order valence-corrected chi connectivity index (χ2v) is 5.58. The lowest BCUT2D eigenvalue weighted by molar-refractivity contribution is 0.102. The normalized spacial score (nSPS) is 10.4. The van der Waals surface area contributed by atoms with E-state index in [9.17, 15) is 4.79 Å². The fourth-order valence-corrected chi connectivity index (χ4v) is 2.94. The molecule has 0 aliphatic rings. The number of carbonyl (C=O) groups excluding carboxylic acids is 1. The summed E-state index contributed by atoms with van der Waals surface area (Å²) in [6.07, 6.45) is 0.865. The number of aromatic nitrogens is 1. The van der Waals surface area contributed by atoms with Crippen molar-refractivity contribution >= 4 is 38.9 Å². The summed E-state index contributed by atoms with van der Waals surface area (Å²) in [4.78, 5) is 17.2. The Morgan fingerprint density at radius 3 is 2.89 bits per heavy atom. The van der Waals surface area contributed by atoms with Crippen LogP contribution in [0.5, 0.6) is 0 Å². The Morgan fingerprint density at radius 1 is 1.44 bits per heavy atom. The van der Waals surface area contributed by atoms with Gasteiger partial charge in [-0.05, 0) is 58.4 Å². The fourth-order valence-electron chi connectivity index (χ4n) is 1.65. The van der Waals surface area contributed by atoms with Gasteiger partial charge in [-0.25, -0.2) is 4.98 Å². The van der Waals surface area contributed by atoms with Crippen molar-refractivity contribution in [2.45, 2.75) is 20.3 Å². The van der Waals surface area contributed by atoms with Gasteiger partial charge in [0.25, 0.3) is 5.91 Å². The monoisotopic (exact) mass is 324 g/mol. The number of rotatable bonds is 3. The third kappa shape index (κ3) is 2.79. The zero-order chi connectivity index (χ0) is 13.1. The number of aryl methyl sites for hydroxylation is 2. The lowest BCUT2D eigenvalue weighted by Crippen LogP contribution is -2.13. The highest BCUT2D eigenvalue weighted by atomic mass is 79.9. The first-order valence-electron chi connectivity index (χ1n) is 5.62. The summed E-state index contributed by atoms with van der Waals surface area (Å²) >= 11 is 4.77. The molecule has 0 aliphatic heterocycles. The van der Waals surface area contributed by atoms with Gasteiger partial charge in [-0.15, -0.1) is 11.3 Å². The summed E-state index contributed by atoms with van der Waals surface area (Å²) in [5.74, 6) is -0.0610. The molecule has 2 aromatic rings. The van der Waals surface area contributed by atoms with Crippen LogP contribution < -0.4 is 5.32 Å². The number of thiophene rings is 1. The number of halogens is 1. The number of hydrogen-bond donors (Lipinski definition) is 1. The summed E-state index contributed by atoms with van der Waals surface area (Å²) < 4.78 is 0.767. The highest BCUT2D eigenvalue weighted by Crippen LogP contribution is 2.21. The van der Waals surface area contributed by atoms with Crippen LogP contribution in [0.3, 0.4) is 0 Å². The molecule has 0 aromatic carbocycles. The number of carbonyl (C=O) groups is 1. The van der Waals surface area contributed by atoms with Crippen molar-refractivity contribution in [3.63, 3.8) is 0 Å². The smallest absolute Gasteiger partial charge is 0.266 e. The zero-order valence-electron chi connectivity index (χ0n) is 10.2. The van der Waals surface area contributed by atoms with Crippen molar-refractivity contribution in [1.82, 2.24) is 4.98 Å². The fraction of sp³-hybridized carbons (Fsp3) is 0.231. The molecule has 0 bridgehead atoms. The summed E-state index contributed by atoms with van der Waals surface area (Å²) in [5, 5.41) is 4.85. The Morgan fingerprint density at radius 2 is 2.22 bits per heavy atom. The first-order valence-corrected chi connectivity index (χ1v) is 7.30. The molecule has 18 heavy (non-hydrogen) atoms. The van der Waals surface area contributed by atoms with Gasteiger partial charge in [0.05, 0.1) is 16.3 Å². The molecule has 0 atom stereocenters. The molecule has 0 fully saturated rings. The van der Waals surface area contributed by atoms with E-state index in [1.807, 2.05) is 37.4 Å². The number of amides is 1. The van der Waals surface area contributed by atoms with E-state index in [-0.39, 0.29) is 5.91 Å². The van der Waals surface area contributed by atoms with Gasteiger partial charge in [0.1, 0.15) is 4.60 Å². The van der Waals surface area contributed by atoms with Crippen LogP contribution in [0.4, 0.5) is 5.69 Å². The minimum atomic E-state index is -0.0610. The Labute approximate surface area is 118 Å². The maximum atomic E-state index is 12.2. The van der Waals surface area contributed by atoms with E-state index >= 15 is 0 Å². The predicted molar refractivity (Wildman–Crippen MR) is 78.3 cm³/mol. The van der Waals surface area contributed by atoms with Crippen LogP contribution in [0, 0.1) is 6.92 Å². The van der Waals surface area contributed by atoms with Gasteiger partial charge in [-0.2, -0.15) is 0 Å². The molecule has 0 spiro atoms. The molecule has 0 saturated heterocycles. The van der Waals surface area contributed by atoms with E-state index in [1.165, 1.54) is 11.3 Å². The number of nitrogens with zero attached hydrogens (tertiary/aromatic N) is 1. The Hall–Kier alpha value is -1.20. The molecule has 0 unspecified atom stereocenters. The van der Waals surface area contributed by atoms with Gasteiger partial charge in [0.2, 0.25) is 0 Å². The van der Waals surface area contributed by atoms with Gasteiger partial charge in [0, 0.05) is 0 Å². The molecule has 5 heteroatoms. The van der Waals surface area contributed by atoms with Crippen LogP contribution in [-0.4, -0.2) is 10.9 Å². The van der Waals surface area contributed by atoms with Gasteiger partial charge in [0.15, 0.2) is 0 Å². The van der Waals surface area contributed by atoms with E-state index in [0.29, 0.717) is 0 Å². The molecule has 2 rings (SSSR count). The Balaban J connectivity index is 2.21. The van der Waals surface area contributed by atoms with Gasteiger partial charge >= 0.3 is 0 Å². The number of hydrogen-bond acceptors (Lipinski definition) is 3. The topological polar surface area (TPSA) is 42.0 Å². The summed E-state index contributed by atoms with van der Waals surface area (Å²) in [6.45, 7) is 3.92. The lowest BCUT2D eigenvalue weighted by Gasteiger charge is -2.08. The number of pyridine rings is 1. The van der Waals surface area contributed by atoms with E-state index in [4.69, 9.17) is 0 Å². The molecule has 3 nitrogen and oxygen atoms in total. The van der Waals surface area contributed by atoms with Crippen LogP contribution in [0.1, 0.15) is 27.9 Å². The maximum absolute atomic E-state index is 12.2. The van der Waals surface area contributed by atoms with Crippen LogP contribution in [0.2, 0.25) is 0 Å². The average Bonchev–Trinajstić information content (AvgIpc) is 2.81. The van der Waals surface area contributed by atoms with Crippen LogP contribution in [0.25, 0.3) is 0 Å². The third-order valence-corrected chi connectivity index (χ3v) is 4.03. The van der Waals surface area contributed by atoms with Crippen molar-refractivity contribution in [1.29, 1.82) is 0 Å². The predicted octanol–water partition coefficient (Wildman–Crippen LogP) is 4.03. The largest absolute Gasteiger partial charge is 0.320 e. The van der Waals surface area contributed by atoms with Gasteiger partial charge in [-0.3, -0.25) is 4.79 Å². The molecule has 0 aliphatic carbocycles. The van der Waals surface area contributed by atoms with Crippen molar-refractivity contribution in [2.24, 2.45) is 0 Å². The molecular weight excluding hydrogens is 312 g/mol. The summed E-state index contributed by atoms with van der Waals surface area (Å²) in [6, 6.07) is 5.66. The van der Waals surface area contributed by atoms with E-state index in [1.54, 1.807) is 0 Å². The molecule has 2 heterocycles. The van der Waals surface area contributed by atoms with E-state index in [2.05, 4.69) is 26.2 Å². The minimum absolute atomic E-state index is 0.0610. The molecule has 0 saturated carbocycles. The number of anilines is 1.